The molecule has 0 spiro atoms. The summed E-state index contributed by atoms with van der Waals surface area (Å²) in [6.45, 7) is 7.77. The molecule has 122 valence electrons. The van der Waals surface area contributed by atoms with Gasteiger partial charge in [0.15, 0.2) is 0 Å². The Morgan fingerprint density at radius 1 is 1.35 bits per heavy atom. The summed E-state index contributed by atoms with van der Waals surface area (Å²) in [7, 11) is 1.53. The van der Waals surface area contributed by atoms with E-state index in [1.54, 1.807) is 11.0 Å². The number of rotatable bonds is 8. The smallest absolute Gasteiger partial charge is 0.249 e. The molecule has 0 bridgehead atoms. The Labute approximate surface area is 138 Å². The van der Waals surface area contributed by atoms with E-state index in [9.17, 15) is 4.79 Å². The maximum atomic E-state index is 12.1. The Hall–Kier alpha value is -2.33. The van der Waals surface area contributed by atoms with Crippen LogP contribution in [0.2, 0.25) is 0 Å². The van der Waals surface area contributed by atoms with Crippen molar-refractivity contribution in [2.24, 2.45) is 0 Å². The van der Waals surface area contributed by atoms with Gasteiger partial charge < -0.3 is 14.2 Å². The molecule has 0 N–H and O–H groups in total. The molecule has 1 heterocycles. The molecule has 0 aliphatic carbocycles. The Balaban J connectivity index is 2.12. The number of nitrogens with zero attached hydrogens (tertiary/aromatic N) is 2. The predicted molar refractivity (Wildman–Crippen MR) is 92.2 cm³/mol. The van der Waals surface area contributed by atoms with Gasteiger partial charge >= 0.3 is 0 Å². The van der Waals surface area contributed by atoms with Gasteiger partial charge in [-0.15, -0.1) is 6.58 Å². The molecule has 2 aromatic rings. The Morgan fingerprint density at radius 3 is 2.87 bits per heavy atom. The van der Waals surface area contributed by atoms with Crippen molar-refractivity contribution < 1.29 is 9.53 Å². The zero-order chi connectivity index (χ0) is 16.7. The fourth-order valence-corrected chi connectivity index (χ4v) is 2.58. The third kappa shape index (κ3) is 4.83. The molecule has 23 heavy (non-hydrogen) atoms. The molecule has 0 atom stereocenters. The van der Waals surface area contributed by atoms with Crippen LogP contribution >= 0.6 is 0 Å². The summed E-state index contributed by atoms with van der Waals surface area (Å²) < 4.78 is 7.13. The highest BCUT2D eigenvalue weighted by Crippen LogP contribution is 2.12. The molecule has 0 saturated carbocycles. The van der Waals surface area contributed by atoms with Crippen molar-refractivity contribution in [3.05, 3.63) is 72.1 Å². The molecule has 1 amide bonds. The fraction of sp³-hybridized carbons (Fsp3) is 0.316. The van der Waals surface area contributed by atoms with E-state index in [0.29, 0.717) is 13.1 Å². The minimum Gasteiger partial charge on any atom is -0.375 e. The van der Waals surface area contributed by atoms with Gasteiger partial charge in [-0.25, -0.2) is 0 Å². The number of hydrogen-bond donors (Lipinski definition) is 0. The molecule has 4 heteroatoms. The van der Waals surface area contributed by atoms with E-state index in [1.165, 1.54) is 18.2 Å². The maximum Gasteiger partial charge on any atom is 0.249 e. The van der Waals surface area contributed by atoms with Crippen LogP contribution in [0.5, 0.6) is 0 Å². The predicted octanol–water partition coefficient (Wildman–Crippen LogP) is 3.01. The van der Waals surface area contributed by atoms with Gasteiger partial charge in [0.05, 0.1) is 6.54 Å². The van der Waals surface area contributed by atoms with Crippen LogP contribution in [0.25, 0.3) is 0 Å². The first-order valence-corrected chi connectivity index (χ1v) is 7.71. The van der Waals surface area contributed by atoms with Crippen LogP contribution in [-0.2, 0) is 22.6 Å². The number of benzene rings is 1. The van der Waals surface area contributed by atoms with E-state index in [-0.39, 0.29) is 12.5 Å². The van der Waals surface area contributed by atoms with Crippen LogP contribution in [0, 0.1) is 6.92 Å². The minimum atomic E-state index is -0.0318. The highest BCUT2D eigenvalue weighted by Gasteiger charge is 2.14. The SMILES string of the molecule is C=CCN(Cc1cccn1Cc1cccc(C)c1)C(=O)COC. The molecule has 1 aromatic carbocycles. The van der Waals surface area contributed by atoms with Crippen molar-refractivity contribution in [2.45, 2.75) is 20.0 Å². The molecule has 0 fully saturated rings. The Morgan fingerprint density at radius 2 is 2.17 bits per heavy atom. The lowest BCUT2D eigenvalue weighted by Crippen LogP contribution is -2.34. The first kappa shape index (κ1) is 17.0. The van der Waals surface area contributed by atoms with E-state index in [1.807, 2.05) is 18.3 Å². The zero-order valence-electron chi connectivity index (χ0n) is 13.9. The van der Waals surface area contributed by atoms with Gasteiger partial charge in [0, 0.05) is 32.1 Å². The van der Waals surface area contributed by atoms with E-state index in [4.69, 9.17) is 4.74 Å². The number of ether oxygens (including phenoxy) is 1. The van der Waals surface area contributed by atoms with Crippen molar-refractivity contribution >= 4 is 5.91 Å². The molecule has 2 rings (SSSR count). The second-order valence-electron chi connectivity index (χ2n) is 5.61. The summed E-state index contributed by atoms with van der Waals surface area (Å²) >= 11 is 0. The van der Waals surface area contributed by atoms with Crippen LogP contribution in [0.3, 0.4) is 0 Å². The maximum absolute atomic E-state index is 12.1. The van der Waals surface area contributed by atoms with Gasteiger partial charge in [0.2, 0.25) is 5.91 Å². The molecular formula is C19H24N2O2. The highest BCUT2D eigenvalue weighted by molar-refractivity contribution is 5.77. The van der Waals surface area contributed by atoms with Crippen molar-refractivity contribution in [1.82, 2.24) is 9.47 Å². The number of carbonyl (C=O) groups is 1. The minimum absolute atomic E-state index is 0.0318. The number of methoxy groups -OCH3 is 1. The van der Waals surface area contributed by atoms with E-state index < -0.39 is 0 Å². The number of aromatic nitrogens is 1. The highest BCUT2D eigenvalue weighted by atomic mass is 16.5. The van der Waals surface area contributed by atoms with Crippen molar-refractivity contribution in [3.8, 4) is 0 Å². The fourth-order valence-electron chi connectivity index (χ4n) is 2.58. The molecule has 4 nitrogen and oxygen atoms in total. The van der Waals surface area contributed by atoms with E-state index >= 15 is 0 Å². The summed E-state index contributed by atoms with van der Waals surface area (Å²) in [4.78, 5) is 13.9. The van der Waals surface area contributed by atoms with Crippen LogP contribution in [-0.4, -0.2) is 35.6 Å². The zero-order valence-corrected chi connectivity index (χ0v) is 13.9. The van der Waals surface area contributed by atoms with Crippen molar-refractivity contribution in [3.63, 3.8) is 0 Å². The largest absolute Gasteiger partial charge is 0.375 e. The topological polar surface area (TPSA) is 34.5 Å². The standard InChI is InChI=1S/C19H24N2O2/c1-4-10-21(19(22)15-23-3)14-18-9-6-11-20(18)13-17-8-5-7-16(2)12-17/h4-9,11-12H,1,10,13-15H2,2-3H3. The second kappa shape index (κ2) is 8.34. The van der Waals surface area contributed by atoms with Gasteiger partial charge in [-0.2, -0.15) is 0 Å². The molecule has 0 saturated heterocycles. The molecule has 0 radical (unpaired) electrons. The van der Waals surface area contributed by atoms with Gasteiger partial charge in [0.25, 0.3) is 0 Å². The first-order valence-electron chi connectivity index (χ1n) is 7.71. The van der Waals surface area contributed by atoms with Crippen molar-refractivity contribution in [1.29, 1.82) is 0 Å². The van der Waals surface area contributed by atoms with Gasteiger partial charge in [-0.3, -0.25) is 4.79 Å². The van der Waals surface area contributed by atoms with Crippen LogP contribution in [0.15, 0.2) is 55.3 Å². The lowest BCUT2D eigenvalue weighted by molar-refractivity contribution is -0.135. The van der Waals surface area contributed by atoms with E-state index in [0.717, 1.165) is 12.2 Å². The lowest BCUT2D eigenvalue weighted by atomic mass is 10.1. The molecule has 0 aliphatic heterocycles. The van der Waals surface area contributed by atoms with Gasteiger partial charge in [-0.05, 0) is 24.6 Å². The summed E-state index contributed by atoms with van der Waals surface area (Å²) in [5, 5.41) is 0. The lowest BCUT2D eigenvalue weighted by Gasteiger charge is -2.22. The van der Waals surface area contributed by atoms with Crippen LogP contribution in [0.4, 0.5) is 0 Å². The molecule has 0 aliphatic rings. The van der Waals surface area contributed by atoms with Crippen molar-refractivity contribution in [2.75, 3.05) is 20.3 Å². The molecule has 0 unspecified atom stereocenters. The third-order valence-electron chi connectivity index (χ3n) is 3.68. The number of carbonyl (C=O) groups excluding carboxylic acids is 1. The normalized spacial score (nSPS) is 10.5. The number of aryl methyl sites for hydroxylation is 1. The van der Waals surface area contributed by atoms with Crippen LogP contribution in [0.1, 0.15) is 16.8 Å². The summed E-state index contributed by atoms with van der Waals surface area (Å²) in [5.41, 5.74) is 3.60. The summed E-state index contributed by atoms with van der Waals surface area (Å²) in [5.74, 6) is -0.0318. The second-order valence-corrected chi connectivity index (χ2v) is 5.61. The monoisotopic (exact) mass is 312 g/mol. The Bertz CT molecular complexity index is 661. The van der Waals surface area contributed by atoms with E-state index in [2.05, 4.69) is 42.3 Å². The third-order valence-corrected chi connectivity index (χ3v) is 3.68. The first-order chi connectivity index (χ1) is 11.1. The van der Waals surface area contributed by atoms with Gasteiger partial charge in [0.1, 0.15) is 6.61 Å². The summed E-state index contributed by atoms with van der Waals surface area (Å²) in [6.07, 6.45) is 3.78. The molecular weight excluding hydrogens is 288 g/mol. The average Bonchev–Trinajstić information content (AvgIpc) is 2.94. The van der Waals surface area contributed by atoms with Gasteiger partial charge in [-0.1, -0.05) is 35.9 Å². The quantitative estimate of drug-likeness (QED) is 0.702. The van der Waals surface area contributed by atoms with Crippen LogP contribution < -0.4 is 0 Å². The number of amides is 1. The number of hydrogen-bond acceptors (Lipinski definition) is 2. The Kier molecular flexibility index (Phi) is 6.18. The average molecular weight is 312 g/mol. The summed E-state index contributed by atoms with van der Waals surface area (Å²) in [6, 6.07) is 12.5. The molecule has 1 aromatic heterocycles.